The minimum atomic E-state index is 0.746. The van der Waals surface area contributed by atoms with Crippen molar-refractivity contribution in [3.63, 3.8) is 0 Å². The number of hydrogen-bond donors (Lipinski definition) is 1. The van der Waals surface area contributed by atoms with Crippen LogP contribution in [0.4, 0.5) is 0 Å². The zero-order valence-electron chi connectivity index (χ0n) is 8.42. The lowest BCUT2D eigenvalue weighted by Gasteiger charge is -2.16. The summed E-state index contributed by atoms with van der Waals surface area (Å²) in [5.41, 5.74) is 0. The molecule has 1 nitrogen and oxygen atoms in total. The van der Waals surface area contributed by atoms with Crippen LogP contribution in [0.1, 0.15) is 31.1 Å². The van der Waals surface area contributed by atoms with E-state index < -0.39 is 0 Å². The zero-order chi connectivity index (χ0) is 9.97. The zero-order valence-corrected chi connectivity index (χ0v) is 10.8. The van der Waals surface area contributed by atoms with Crippen LogP contribution in [0, 0.1) is 5.92 Å². The third-order valence-corrected chi connectivity index (χ3v) is 4.72. The first-order valence-electron chi connectivity index (χ1n) is 5.22. The molecule has 1 aliphatic carbocycles. The number of halogens is 1. The second-order valence-electron chi connectivity index (χ2n) is 4.13. The maximum atomic E-state index is 3.65. The van der Waals surface area contributed by atoms with Crippen molar-refractivity contribution in [2.75, 3.05) is 0 Å². The molecular formula is C11H16BrNS. The number of nitrogens with one attached hydrogen (secondary N) is 1. The molecule has 0 spiro atoms. The molecule has 2 atom stereocenters. The van der Waals surface area contributed by atoms with E-state index in [2.05, 4.69) is 39.6 Å². The van der Waals surface area contributed by atoms with E-state index in [1.165, 1.54) is 28.6 Å². The Labute approximate surface area is 98.0 Å². The summed E-state index contributed by atoms with van der Waals surface area (Å²) in [5.74, 6) is 0.860. The molecular weight excluding hydrogens is 258 g/mol. The van der Waals surface area contributed by atoms with Gasteiger partial charge in [0.05, 0.1) is 0 Å². The van der Waals surface area contributed by atoms with Gasteiger partial charge in [-0.15, -0.1) is 11.3 Å². The monoisotopic (exact) mass is 273 g/mol. The Morgan fingerprint density at radius 3 is 3.00 bits per heavy atom. The molecule has 1 aromatic heterocycles. The van der Waals surface area contributed by atoms with Crippen LogP contribution in [0.15, 0.2) is 15.9 Å². The molecule has 0 amide bonds. The molecule has 1 saturated carbocycles. The Balaban J connectivity index is 1.82. The van der Waals surface area contributed by atoms with Gasteiger partial charge in [0.15, 0.2) is 0 Å². The average Bonchev–Trinajstić information content (AvgIpc) is 2.72. The van der Waals surface area contributed by atoms with Gasteiger partial charge < -0.3 is 5.32 Å². The third kappa shape index (κ3) is 2.59. The fourth-order valence-electron chi connectivity index (χ4n) is 2.13. The molecule has 0 aliphatic heterocycles. The van der Waals surface area contributed by atoms with Gasteiger partial charge in [-0.25, -0.2) is 0 Å². The van der Waals surface area contributed by atoms with Crippen molar-refractivity contribution in [3.8, 4) is 0 Å². The lowest BCUT2D eigenvalue weighted by atomic mass is 10.1. The van der Waals surface area contributed by atoms with E-state index >= 15 is 0 Å². The summed E-state index contributed by atoms with van der Waals surface area (Å²) < 4.78 is 1.21. The van der Waals surface area contributed by atoms with E-state index in [9.17, 15) is 0 Å². The number of rotatable bonds is 3. The Bertz CT molecular complexity index is 297. The quantitative estimate of drug-likeness (QED) is 0.884. The molecule has 0 radical (unpaired) electrons. The minimum absolute atomic E-state index is 0.746. The molecule has 0 aromatic carbocycles. The van der Waals surface area contributed by atoms with Crippen molar-refractivity contribution >= 4 is 27.3 Å². The highest BCUT2D eigenvalue weighted by molar-refractivity contribution is 9.10. The van der Waals surface area contributed by atoms with Gasteiger partial charge in [0.25, 0.3) is 0 Å². The summed E-state index contributed by atoms with van der Waals surface area (Å²) in [5, 5.41) is 5.80. The highest BCUT2D eigenvalue weighted by Gasteiger charge is 2.22. The van der Waals surface area contributed by atoms with E-state index in [0.717, 1.165) is 18.5 Å². The minimum Gasteiger partial charge on any atom is -0.309 e. The molecule has 0 saturated heterocycles. The van der Waals surface area contributed by atoms with Crippen LogP contribution in [-0.4, -0.2) is 6.04 Å². The molecule has 1 fully saturated rings. The standard InChI is InChI=1S/C11H16BrNS/c1-8-3-2-4-11(8)13-6-10-5-9(12)7-14-10/h5,7-8,11,13H,2-4,6H2,1H3/t8-,11-/m0/s1. The van der Waals surface area contributed by atoms with Crippen molar-refractivity contribution in [2.45, 2.75) is 38.8 Å². The van der Waals surface area contributed by atoms with Gasteiger partial charge in [-0.2, -0.15) is 0 Å². The lowest BCUT2D eigenvalue weighted by Crippen LogP contribution is -2.30. The molecule has 14 heavy (non-hydrogen) atoms. The first kappa shape index (κ1) is 10.7. The van der Waals surface area contributed by atoms with Crippen LogP contribution >= 0.6 is 27.3 Å². The van der Waals surface area contributed by atoms with Gasteiger partial charge in [0, 0.05) is 27.3 Å². The topological polar surface area (TPSA) is 12.0 Å². The predicted molar refractivity (Wildman–Crippen MR) is 65.7 cm³/mol. The van der Waals surface area contributed by atoms with Crippen molar-refractivity contribution in [3.05, 3.63) is 20.8 Å². The van der Waals surface area contributed by atoms with Gasteiger partial charge in [0.2, 0.25) is 0 Å². The summed E-state index contributed by atoms with van der Waals surface area (Å²) in [6.07, 6.45) is 4.15. The van der Waals surface area contributed by atoms with Crippen molar-refractivity contribution < 1.29 is 0 Å². The van der Waals surface area contributed by atoms with Gasteiger partial charge in [0.1, 0.15) is 0 Å². The van der Waals surface area contributed by atoms with E-state index in [0.29, 0.717) is 0 Å². The smallest absolute Gasteiger partial charge is 0.0302 e. The molecule has 2 rings (SSSR count). The van der Waals surface area contributed by atoms with Gasteiger partial charge in [-0.1, -0.05) is 13.3 Å². The predicted octanol–water partition coefficient (Wildman–Crippen LogP) is 3.79. The Hall–Kier alpha value is 0.140. The van der Waals surface area contributed by atoms with E-state index in [4.69, 9.17) is 0 Å². The van der Waals surface area contributed by atoms with E-state index in [1.54, 1.807) is 0 Å². The highest BCUT2D eigenvalue weighted by atomic mass is 79.9. The molecule has 1 aliphatic rings. The van der Waals surface area contributed by atoms with Crippen LogP contribution in [0.25, 0.3) is 0 Å². The normalized spacial score (nSPS) is 27.0. The molecule has 1 N–H and O–H groups in total. The molecule has 3 heteroatoms. The van der Waals surface area contributed by atoms with Crippen LogP contribution in [0.5, 0.6) is 0 Å². The summed E-state index contributed by atoms with van der Waals surface area (Å²) >= 11 is 5.30. The number of thiophene rings is 1. The Kier molecular flexibility index (Phi) is 3.63. The molecule has 0 bridgehead atoms. The van der Waals surface area contributed by atoms with Crippen LogP contribution in [0.3, 0.4) is 0 Å². The van der Waals surface area contributed by atoms with E-state index in [-0.39, 0.29) is 0 Å². The fraction of sp³-hybridized carbons (Fsp3) is 0.636. The summed E-state index contributed by atoms with van der Waals surface area (Å²) in [7, 11) is 0. The van der Waals surface area contributed by atoms with Crippen LogP contribution in [-0.2, 0) is 6.54 Å². The van der Waals surface area contributed by atoms with Crippen LogP contribution < -0.4 is 5.32 Å². The van der Waals surface area contributed by atoms with Gasteiger partial charge >= 0.3 is 0 Å². The molecule has 78 valence electrons. The Morgan fingerprint density at radius 1 is 1.57 bits per heavy atom. The molecule has 0 unspecified atom stereocenters. The van der Waals surface area contributed by atoms with Crippen molar-refractivity contribution in [1.29, 1.82) is 0 Å². The fourth-order valence-corrected chi connectivity index (χ4v) is 3.53. The Morgan fingerprint density at radius 2 is 2.43 bits per heavy atom. The maximum Gasteiger partial charge on any atom is 0.0302 e. The SMILES string of the molecule is C[C@H]1CCC[C@@H]1NCc1cc(Br)cs1. The van der Waals surface area contributed by atoms with Gasteiger partial charge in [-0.05, 0) is 40.8 Å². The second kappa shape index (κ2) is 4.77. The largest absolute Gasteiger partial charge is 0.309 e. The lowest BCUT2D eigenvalue weighted by molar-refractivity contribution is 0.427. The first-order valence-corrected chi connectivity index (χ1v) is 6.89. The summed E-state index contributed by atoms with van der Waals surface area (Å²) in [6.45, 7) is 3.39. The first-order chi connectivity index (χ1) is 6.75. The second-order valence-corrected chi connectivity index (χ2v) is 6.04. The summed E-state index contributed by atoms with van der Waals surface area (Å²) in [6, 6.07) is 2.95. The van der Waals surface area contributed by atoms with Crippen molar-refractivity contribution in [2.24, 2.45) is 5.92 Å². The van der Waals surface area contributed by atoms with Gasteiger partial charge in [-0.3, -0.25) is 0 Å². The molecule has 1 aromatic rings. The average molecular weight is 274 g/mol. The van der Waals surface area contributed by atoms with E-state index in [1.807, 2.05) is 11.3 Å². The summed E-state index contributed by atoms with van der Waals surface area (Å²) in [4.78, 5) is 1.43. The van der Waals surface area contributed by atoms with Crippen LogP contribution in [0.2, 0.25) is 0 Å². The van der Waals surface area contributed by atoms with Crippen molar-refractivity contribution in [1.82, 2.24) is 5.32 Å². The molecule has 1 heterocycles. The highest BCUT2D eigenvalue weighted by Crippen LogP contribution is 2.26. The third-order valence-electron chi connectivity index (χ3n) is 3.02. The number of hydrogen-bond acceptors (Lipinski definition) is 2. The maximum absolute atomic E-state index is 3.65.